The van der Waals surface area contributed by atoms with Gasteiger partial charge in [-0.15, -0.1) is 0 Å². The lowest BCUT2D eigenvalue weighted by Gasteiger charge is -2.18. The predicted octanol–water partition coefficient (Wildman–Crippen LogP) is 3.78. The minimum atomic E-state index is -0.811. The minimum absolute atomic E-state index is 0.0000742. The van der Waals surface area contributed by atoms with Gasteiger partial charge in [-0.05, 0) is 43.2 Å². The molecular formula is C21H20FN3O3. The standard InChI is InChI=1S/C21H20FN3O3/c1-12-8-9-15(14(22)10-12)24-21-19(20(23)27)17(11-18(26)25(21)3)28-16-7-5-4-6-13(16)2/h4-11,24H,1-3H3,(H2,23,27). The number of anilines is 2. The lowest BCUT2D eigenvalue weighted by atomic mass is 10.1. The number of aryl methyl sites for hydroxylation is 2. The van der Waals surface area contributed by atoms with Crippen molar-refractivity contribution in [1.82, 2.24) is 4.57 Å². The molecular weight excluding hydrogens is 361 g/mol. The summed E-state index contributed by atoms with van der Waals surface area (Å²) in [6, 6.07) is 12.9. The first-order valence-corrected chi connectivity index (χ1v) is 8.58. The molecule has 7 heteroatoms. The fourth-order valence-electron chi connectivity index (χ4n) is 2.78. The molecule has 3 rings (SSSR count). The molecule has 0 aliphatic carbocycles. The first-order valence-electron chi connectivity index (χ1n) is 8.58. The molecule has 6 nitrogen and oxygen atoms in total. The van der Waals surface area contributed by atoms with Crippen LogP contribution in [0.5, 0.6) is 11.5 Å². The Bertz CT molecular complexity index is 1120. The number of hydrogen-bond donors (Lipinski definition) is 2. The zero-order chi connectivity index (χ0) is 20.4. The number of amides is 1. The first-order chi connectivity index (χ1) is 13.3. The summed E-state index contributed by atoms with van der Waals surface area (Å²) < 4.78 is 21.3. The summed E-state index contributed by atoms with van der Waals surface area (Å²) in [6.07, 6.45) is 0. The molecule has 0 unspecified atom stereocenters. The van der Waals surface area contributed by atoms with Crippen molar-refractivity contribution in [3.63, 3.8) is 0 Å². The van der Waals surface area contributed by atoms with Gasteiger partial charge in [0.2, 0.25) is 0 Å². The number of para-hydroxylation sites is 1. The highest BCUT2D eigenvalue weighted by atomic mass is 19.1. The van der Waals surface area contributed by atoms with Gasteiger partial charge in [-0.2, -0.15) is 0 Å². The summed E-state index contributed by atoms with van der Waals surface area (Å²) in [6.45, 7) is 3.59. The summed E-state index contributed by atoms with van der Waals surface area (Å²) in [5.41, 5.74) is 6.75. The molecule has 144 valence electrons. The number of carbonyl (C=O) groups excluding carboxylic acids is 1. The molecule has 0 fully saturated rings. The molecule has 0 spiro atoms. The number of pyridine rings is 1. The number of rotatable bonds is 5. The fourth-order valence-corrected chi connectivity index (χ4v) is 2.78. The van der Waals surface area contributed by atoms with E-state index in [1.807, 2.05) is 19.1 Å². The average molecular weight is 381 g/mol. The van der Waals surface area contributed by atoms with Crippen molar-refractivity contribution in [1.29, 1.82) is 0 Å². The van der Waals surface area contributed by atoms with E-state index in [2.05, 4.69) is 5.32 Å². The number of primary amides is 1. The van der Waals surface area contributed by atoms with Crippen molar-refractivity contribution in [3.05, 3.63) is 81.4 Å². The Kier molecular flexibility index (Phi) is 5.17. The average Bonchev–Trinajstić information content (AvgIpc) is 2.63. The van der Waals surface area contributed by atoms with E-state index in [1.165, 1.54) is 29.8 Å². The zero-order valence-electron chi connectivity index (χ0n) is 15.7. The zero-order valence-corrected chi connectivity index (χ0v) is 15.7. The van der Waals surface area contributed by atoms with E-state index in [4.69, 9.17) is 10.5 Å². The van der Waals surface area contributed by atoms with E-state index in [0.29, 0.717) is 5.75 Å². The molecule has 0 aliphatic rings. The van der Waals surface area contributed by atoms with Gasteiger partial charge >= 0.3 is 0 Å². The smallest absolute Gasteiger partial charge is 0.256 e. The van der Waals surface area contributed by atoms with E-state index in [9.17, 15) is 14.0 Å². The van der Waals surface area contributed by atoms with Gasteiger partial charge in [-0.1, -0.05) is 24.3 Å². The predicted molar refractivity (Wildman–Crippen MR) is 106 cm³/mol. The van der Waals surface area contributed by atoms with Crippen molar-refractivity contribution in [2.45, 2.75) is 13.8 Å². The molecule has 1 heterocycles. The maximum atomic E-state index is 14.3. The summed E-state index contributed by atoms with van der Waals surface area (Å²) in [5.74, 6) is -0.806. The topological polar surface area (TPSA) is 86.3 Å². The highest BCUT2D eigenvalue weighted by molar-refractivity contribution is 6.01. The summed E-state index contributed by atoms with van der Waals surface area (Å²) in [5, 5.41) is 2.81. The van der Waals surface area contributed by atoms with Crippen LogP contribution in [0.1, 0.15) is 21.5 Å². The third-order valence-corrected chi connectivity index (χ3v) is 4.34. The largest absolute Gasteiger partial charge is 0.456 e. The van der Waals surface area contributed by atoms with Gasteiger partial charge in [-0.25, -0.2) is 4.39 Å². The van der Waals surface area contributed by atoms with Crippen molar-refractivity contribution >= 4 is 17.4 Å². The fraction of sp³-hybridized carbons (Fsp3) is 0.143. The van der Waals surface area contributed by atoms with E-state index in [1.54, 1.807) is 25.1 Å². The molecule has 0 radical (unpaired) electrons. The van der Waals surface area contributed by atoms with Crippen molar-refractivity contribution < 1.29 is 13.9 Å². The normalized spacial score (nSPS) is 10.6. The maximum Gasteiger partial charge on any atom is 0.256 e. The van der Waals surface area contributed by atoms with Gasteiger partial charge in [0.1, 0.15) is 28.7 Å². The van der Waals surface area contributed by atoms with Crippen molar-refractivity contribution in [2.24, 2.45) is 12.8 Å². The molecule has 28 heavy (non-hydrogen) atoms. The second-order valence-electron chi connectivity index (χ2n) is 6.47. The lowest BCUT2D eigenvalue weighted by molar-refractivity contribution is 0.0998. The summed E-state index contributed by atoms with van der Waals surface area (Å²) in [7, 11) is 1.46. The minimum Gasteiger partial charge on any atom is -0.456 e. The van der Waals surface area contributed by atoms with E-state index in [0.717, 1.165) is 11.1 Å². The molecule has 1 aromatic heterocycles. The van der Waals surface area contributed by atoms with Gasteiger partial charge in [-0.3, -0.25) is 14.2 Å². The van der Waals surface area contributed by atoms with Gasteiger partial charge in [0, 0.05) is 13.1 Å². The summed E-state index contributed by atoms with van der Waals surface area (Å²) >= 11 is 0. The van der Waals surface area contributed by atoms with Crippen LogP contribution in [0.4, 0.5) is 15.9 Å². The second-order valence-corrected chi connectivity index (χ2v) is 6.47. The van der Waals surface area contributed by atoms with E-state index in [-0.39, 0.29) is 22.8 Å². The Hall–Kier alpha value is -3.61. The monoisotopic (exact) mass is 381 g/mol. The number of nitrogens with one attached hydrogen (secondary N) is 1. The van der Waals surface area contributed by atoms with Crippen molar-refractivity contribution in [3.8, 4) is 11.5 Å². The third-order valence-electron chi connectivity index (χ3n) is 4.34. The van der Waals surface area contributed by atoms with Crippen LogP contribution in [0.2, 0.25) is 0 Å². The molecule has 0 saturated carbocycles. The number of ether oxygens (including phenoxy) is 1. The Morgan fingerprint density at radius 2 is 1.82 bits per heavy atom. The Morgan fingerprint density at radius 1 is 1.11 bits per heavy atom. The van der Waals surface area contributed by atoms with Gasteiger partial charge in [0.15, 0.2) is 0 Å². The third kappa shape index (κ3) is 3.73. The molecule has 0 aliphatic heterocycles. The van der Waals surface area contributed by atoms with Crippen LogP contribution >= 0.6 is 0 Å². The lowest BCUT2D eigenvalue weighted by Crippen LogP contribution is -2.25. The highest BCUT2D eigenvalue weighted by Crippen LogP contribution is 2.32. The Labute approximate surface area is 161 Å². The first kappa shape index (κ1) is 19.2. The van der Waals surface area contributed by atoms with Crippen LogP contribution in [-0.4, -0.2) is 10.5 Å². The number of nitrogens with two attached hydrogens (primary N) is 1. The number of nitrogens with zero attached hydrogens (tertiary/aromatic N) is 1. The van der Waals surface area contributed by atoms with E-state index < -0.39 is 17.3 Å². The van der Waals surface area contributed by atoms with Crippen LogP contribution in [0.15, 0.2) is 53.3 Å². The van der Waals surface area contributed by atoms with Gasteiger partial charge in [0.25, 0.3) is 11.5 Å². The molecule has 3 aromatic rings. The number of hydrogen-bond acceptors (Lipinski definition) is 4. The second kappa shape index (κ2) is 7.56. The van der Waals surface area contributed by atoms with Crippen LogP contribution in [0, 0.1) is 19.7 Å². The van der Waals surface area contributed by atoms with Crippen molar-refractivity contribution in [2.75, 3.05) is 5.32 Å². The summed E-state index contributed by atoms with van der Waals surface area (Å²) in [4.78, 5) is 24.6. The Morgan fingerprint density at radius 3 is 2.46 bits per heavy atom. The molecule has 0 saturated heterocycles. The van der Waals surface area contributed by atoms with Crippen LogP contribution in [0.25, 0.3) is 0 Å². The van der Waals surface area contributed by atoms with Gasteiger partial charge < -0.3 is 15.8 Å². The SMILES string of the molecule is Cc1ccc(Nc2c(C(N)=O)c(Oc3ccccc3C)cc(=O)n2C)c(F)c1. The number of benzene rings is 2. The molecule has 0 atom stereocenters. The number of halogens is 1. The maximum absolute atomic E-state index is 14.3. The quantitative estimate of drug-likeness (QED) is 0.704. The molecule has 2 aromatic carbocycles. The molecule has 1 amide bonds. The molecule has 3 N–H and O–H groups in total. The van der Waals surface area contributed by atoms with E-state index >= 15 is 0 Å². The number of aromatic nitrogens is 1. The van der Waals surface area contributed by atoms with Crippen LogP contribution < -0.4 is 21.3 Å². The highest BCUT2D eigenvalue weighted by Gasteiger charge is 2.22. The Balaban J connectivity index is 2.16. The van der Waals surface area contributed by atoms with Gasteiger partial charge in [0.05, 0.1) is 5.69 Å². The number of carbonyl (C=O) groups is 1. The van der Waals surface area contributed by atoms with Crippen LogP contribution in [-0.2, 0) is 7.05 Å². The van der Waals surface area contributed by atoms with Crippen LogP contribution in [0.3, 0.4) is 0 Å². The molecule has 0 bridgehead atoms.